The third-order valence-corrected chi connectivity index (χ3v) is 4.78. The van der Waals surface area contributed by atoms with Crippen molar-refractivity contribution in [1.82, 2.24) is 15.1 Å². The number of para-hydroxylation sites is 1. The Morgan fingerprint density at radius 1 is 0.867 bits per heavy atom. The number of carbonyl (C=O) groups is 1. The predicted molar refractivity (Wildman–Crippen MR) is 116 cm³/mol. The summed E-state index contributed by atoms with van der Waals surface area (Å²) < 4.78 is 7.63. The second kappa shape index (κ2) is 9.56. The molecule has 0 saturated carbocycles. The Bertz CT molecular complexity index is 1090. The van der Waals surface area contributed by atoms with Crippen LogP contribution in [0.1, 0.15) is 27.0 Å². The summed E-state index contributed by atoms with van der Waals surface area (Å²) in [7, 11) is 0. The molecule has 0 unspecified atom stereocenters. The van der Waals surface area contributed by atoms with E-state index in [0.29, 0.717) is 25.3 Å². The molecule has 0 spiro atoms. The lowest BCUT2D eigenvalue weighted by Gasteiger charge is -2.12. The fourth-order valence-electron chi connectivity index (χ4n) is 3.16. The Morgan fingerprint density at radius 3 is 2.30 bits per heavy atom. The SMILES string of the molecule is O=C(NCc1ccccc1COc1ccccc1)c1cnn(Cc2ccccc2)c1. The fraction of sp³-hybridized carbons (Fsp3) is 0.120. The summed E-state index contributed by atoms with van der Waals surface area (Å²) in [6, 6.07) is 27.7. The highest BCUT2D eigenvalue weighted by Gasteiger charge is 2.10. The van der Waals surface area contributed by atoms with Crippen molar-refractivity contribution in [2.24, 2.45) is 0 Å². The smallest absolute Gasteiger partial charge is 0.254 e. The van der Waals surface area contributed by atoms with Gasteiger partial charge in [-0.25, -0.2) is 0 Å². The molecule has 30 heavy (non-hydrogen) atoms. The van der Waals surface area contributed by atoms with Gasteiger partial charge in [-0.3, -0.25) is 9.48 Å². The second-order valence-electron chi connectivity index (χ2n) is 6.97. The lowest BCUT2D eigenvalue weighted by Crippen LogP contribution is -2.23. The number of rotatable bonds is 8. The molecule has 0 bridgehead atoms. The van der Waals surface area contributed by atoms with Crippen molar-refractivity contribution in [1.29, 1.82) is 0 Å². The van der Waals surface area contributed by atoms with Crippen molar-refractivity contribution in [2.45, 2.75) is 19.7 Å². The number of carbonyl (C=O) groups excluding carboxylic acids is 1. The van der Waals surface area contributed by atoms with Crippen LogP contribution in [0.25, 0.3) is 0 Å². The van der Waals surface area contributed by atoms with Crippen LogP contribution in [-0.4, -0.2) is 15.7 Å². The Hall–Kier alpha value is -3.86. The normalized spacial score (nSPS) is 10.5. The number of amides is 1. The van der Waals surface area contributed by atoms with Crippen LogP contribution in [0.15, 0.2) is 97.3 Å². The fourth-order valence-corrected chi connectivity index (χ4v) is 3.16. The standard InChI is InChI=1S/C25H23N3O2/c29-25(23-16-27-28(18-23)17-20-9-3-1-4-10-20)26-15-21-11-7-8-12-22(21)19-30-24-13-5-2-6-14-24/h1-14,16,18H,15,17,19H2,(H,26,29). The van der Waals surface area contributed by atoms with Crippen LogP contribution in [0, 0.1) is 0 Å². The van der Waals surface area contributed by atoms with Crippen molar-refractivity contribution in [3.63, 3.8) is 0 Å². The zero-order chi connectivity index (χ0) is 20.6. The average Bonchev–Trinajstić information content (AvgIpc) is 3.26. The van der Waals surface area contributed by atoms with Crippen LogP contribution in [-0.2, 0) is 19.7 Å². The molecule has 1 heterocycles. The van der Waals surface area contributed by atoms with Crippen LogP contribution in [0.3, 0.4) is 0 Å². The van der Waals surface area contributed by atoms with Crippen LogP contribution in [0.4, 0.5) is 0 Å². The predicted octanol–water partition coefficient (Wildman–Crippen LogP) is 4.44. The number of hydrogen-bond donors (Lipinski definition) is 1. The highest BCUT2D eigenvalue weighted by atomic mass is 16.5. The van der Waals surface area contributed by atoms with Gasteiger partial charge in [0.1, 0.15) is 12.4 Å². The summed E-state index contributed by atoms with van der Waals surface area (Å²) in [5.41, 5.74) is 3.75. The van der Waals surface area contributed by atoms with Gasteiger partial charge < -0.3 is 10.1 Å². The number of benzene rings is 3. The minimum Gasteiger partial charge on any atom is -0.489 e. The molecule has 0 fully saturated rings. The molecule has 0 atom stereocenters. The number of nitrogens with zero attached hydrogens (tertiary/aromatic N) is 2. The van der Waals surface area contributed by atoms with Crippen LogP contribution in [0.2, 0.25) is 0 Å². The summed E-state index contributed by atoms with van der Waals surface area (Å²) in [5.74, 6) is 0.676. The molecule has 0 aliphatic rings. The summed E-state index contributed by atoms with van der Waals surface area (Å²) in [6.07, 6.45) is 3.37. The molecule has 5 nitrogen and oxygen atoms in total. The first kappa shape index (κ1) is 19.5. The Labute approximate surface area is 175 Å². The van der Waals surface area contributed by atoms with E-state index in [1.165, 1.54) is 0 Å². The Kier molecular flexibility index (Phi) is 6.20. The summed E-state index contributed by atoms with van der Waals surface area (Å²) in [4.78, 5) is 12.6. The highest BCUT2D eigenvalue weighted by Crippen LogP contribution is 2.15. The molecule has 1 amide bonds. The van der Waals surface area contributed by atoms with Gasteiger partial charge in [0.2, 0.25) is 0 Å². The van der Waals surface area contributed by atoms with Crippen molar-refractivity contribution in [3.05, 3.63) is 120 Å². The van der Waals surface area contributed by atoms with Gasteiger partial charge in [-0.05, 0) is 28.8 Å². The first-order chi connectivity index (χ1) is 14.8. The van der Waals surface area contributed by atoms with E-state index in [9.17, 15) is 4.79 Å². The third-order valence-electron chi connectivity index (χ3n) is 4.78. The maximum absolute atomic E-state index is 12.6. The van der Waals surface area contributed by atoms with E-state index in [1.54, 1.807) is 17.1 Å². The average molecular weight is 397 g/mol. The molecule has 0 aliphatic heterocycles. The van der Waals surface area contributed by atoms with Crippen molar-refractivity contribution in [2.75, 3.05) is 0 Å². The maximum atomic E-state index is 12.6. The summed E-state index contributed by atoms with van der Waals surface area (Å²) >= 11 is 0. The zero-order valence-electron chi connectivity index (χ0n) is 16.6. The Balaban J connectivity index is 1.35. The third kappa shape index (κ3) is 5.14. The minimum atomic E-state index is -0.145. The number of hydrogen-bond acceptors (Lipinski definition) is 3. The van der Waals surface area contributed by atoms with Crippen LogP contribution >= 0.6 is 0 Å². The molecule has 0 saturated heterocycles. The number of nitrogens with one attached hydrogen (secondary N) is 1. The molecule has 1 N–H and O–H groups in total. The minimum absolute atomic E-state index is 0.145. The van der Waals surface area contributed by atoms with Crippen LogP contribution < -0.4 is 10.1 Å². The highest BCUT2D eigenvalue weighted by molar-refractivity contribution is 5.93. The number of aromatic nitrogens is 2. The molecule has 1 aromatic heterocycles. The van der Waals surface area contributed by atoms with Gasteiger partial charge in [-0.2, -0.15) is 5.10 Å². The van der Waals surface area contributed by atoms with Crippen molar-refractivity contribution in [3.8, 4) is 5.75 Å². The first-order valence-corrected chi connectivity index (χ1v) is 9.87. The van der Waals surface area contributed by atoms with E-state index in [0.717, 1.165) is 22.4 Å². The van der Waals surface area contributed by atoms with Gasteiger partial charge in [0.15, 0.2) is 0 Å². The summed E-state index contributed by atoms with van der Waals surface area (Å²) in [5, 5.41) is 7.29. The molecular weight excluding hydrogens is 374 g/mol. The van der Waals surface area contributed by atoms with Gasteiger partial charge in [-0.15, -0.1) is 0 Å². The molecule has 5 heteroatoms. The lowest BCUT2D eigenvalue weighted by atomic mass is 10.1. The molecule has 150 valence electrons. The molecule has 3 aromatic carbocycles. The maximum Gasteiger partial charge on any atom is 0.254 e. The van der Waals surface area contributed by atoms with E-state index in [2.05, 4.69) is 10.4 Å². The monoisotopic (exact) mass is 397 g/mol. The first-order valence-electron chi connectivity index (χ1n) is 9.87. The summed E-state index contributed by atoms with van der Waals surface area (Å²) in [6.45, 7) is 1.51. The van der Waals surface area contributed by atoms with Crippen LogP contribution in [0.5, 0.6) is 5.75 Å². The van der Waals surface area contributed by atoms with E-state index in [1.807, 2.05) is 84.9 Å². The van der Waals surface area contributed by atoms with Crippen molar-refractivity contribution < 1.29 is 9.53 Å². The number of ether oxygens (including phenoxy) is 1. The van der Waals surface area contributed by atoms with Crippen molar-refractivity contribution >= 4 is 5.91 Å². The molecule has 0 aliphatic carbocycles. The zero-order valence-corrected chi connectivity index (χ0v) is 16.6. The van der Waals surface area contributed by atoms with Gasteiger partial charge in [-0.1, -0.05) is 72.8 Å². The van der Waals surface area contributed by atoms with Gasteiger partial charge in [0.05, 0.1) is 18.3 Å². The van der Waals surface area contributed by atoms with Gasteiger partial charge >= 0.3 is 0 Å². The van der Waals surface area contributed by atoms with E-state index in [-0.39, 0.29) is 5.91 Å². The molecule has 4 aromatic rings. The molecule has 0 radical (unpaired) electrons. The quantitative estimate of drug-likeness (QED) is 0.478. The van der Waals surface area contributed by atoms with Gasteiger partial charge in [0, 0.05) is 12.7 Å². The van der Waals surface area contributed by atoms with Gasteiger partial charge in [0.25, 0.3) is 5.91 Å². The largest absolute Gasteiger partial charge is 0.489 e. The topological polar surface area (TPSA) is 56.1 Å². The molecular formula is C25H23N3O2. The van der Waals surface area contributed by atoms with E-state index < -0.39 is 0 Å². The molecule has 4 rings (SSSR count). The van der Waals surface area contributed by atoms with E-state index in [4.69, 9.17) is 4.74 Å². The van der Waals surface area contributed by atoms with E-state index >= 15 is 0 Å². The Morgan fingerprint density at radius 2 is 1.53 bits per heavy atom. The lowest BCUT2D eigenvalue weighted by molar-refractivity contribution is 0.0950. The second-order valence-corrected chi connectivity index (χ2v) is 6.97.